The maximum absolute atomic E-state index is 9.00. The molecule has 5 nitrogen and oxygen atoms in total. The van der Waals surface area contributed by atoms with E-state index in [0.29, 0.717) is 0 Å². The highest BCUT2D eigenvalue weighted by Crippen LogP contribution is 2.34. The monoisotopic (exact) mass is 435 g/mol. The maximum atomic E-state index is 9.00. The van der Waals surface area contributed by atoms with E-state index >= 15 is 0 Å². The summed E-state index contributed by atoms with van der Waals surface area (Å²) in [6.45, 7) is 6.11. The number of hydrogen-bond acceptors (Lipinski definition) is 6. The highest BCUT2D eigenvalue weighted by molar-refractivity contribution is 7.10. The van der Waals surface area contributed by atoms with E-state index in [1.807, 2.05) is 6.07 Å². The number of aryl methyl sites for hydroxylation is 2. The van der Waals surface area contributed by atoms with Crippen LogP contribution in [-0.2, 0) is 13.0 Å². The molecule has 2 aromatic heterocycles. The van der Waals surface area contributed by atoms with Crippen molar-refractivity contribution in [1.29, 1.82) is 5.26 Å². The van der Waals surface area contributed by atoms with Crippen LogP contribution < -0.4 is 4.74 Å². The second-order valence-corrected chi connectivity index (χ2v) is 10.0. The van der Waals surface area contributed by atoms with Gasteiger partial charge in [0, 0.05) is 17.5 Å². The largest absolute Gasteiger partial charge is 0.493 e. The second kappa shape index (κ2) is 9.02. The molecule has 1 aliphatic carbocycles. The minimum Gasteiger partial charge on any atom is -0.493 e. The molecule has 0 spiro atoms. The molecule has 0 radical (unpaired) electrons. The van der Waals surface area contributed by atoms with Gasteiger partial charge in [-0.05, 0) is 99.5 Å². The minimum absolute atomic E-state index is 0.738. The van der Waals surface area contributed by atoms with Crippen molar-refractivity contribution in [2.75, 3.05) is 19.7 Å². The van der Waals surface area contributed by atoms with E-state index < -0.39 is 0 Å². The molecule has 6 heteroatoms. The van der Waals surface area contributed by atoms with E-state index in [2.05, 4.69) is 40.6 Å². The van der Waals surface area contributed by atoms with Crippen molar-refractivity contribution < 1.29 is 9.26 Å². The van der Waals surface area contributed by atoms with Crippen LogP contribution in [0.4, 0.5) is 0 Å². The summed E-state index contributed by atoms with van der Waals surface area (Å²) in [6.07, 6.45) is 7.17. The Hall–Kier alpha value is -2.36. The number of benzene rings is 1. The van der Waals surface area contributed by atoms with E-state index in [1.54, 1.807) is 11.3 Å². The fourth-order valence-corrected chi connectivity index (χ4v) is 5.24. The molecule has 2 aliphatic rings. The quantitative estimate of drug-likeness (QED) is 0.454. The van der Waals surface area contributed by atoms with Gasteiger partial charge in [-0.2, -0.15) is 5.26 Å². The number of aromatic nitrogens is 1. The number of hydrogen-bond donors (Lipinski definition) is 0. The van der Waals surface area contributed by atoms with Gasteiger partial charge in [0.25, 0.3) is 0 Å². The first-order chi connectivity index (χ1) is 15.2. The third-order valence-electron chi connectivity index (χ3n) is 6.75. The van der Waals surface area contributed by atoms with E-state index in [9.17, 15) is 0 Å². The molecule has 2 fully saturated rings. The zero-order valence-corrected chi connectivity index (χ0v) is 18.9. The molecule has 0 amide bonds. The fourth-order valence-electron chi connectivity index (χ4n) is 4.55. The number of piperidine rings is 1. The molecule has 1 aliphatic heterocycles. The van der Waals surface area contributed by atoms with Crippen LogP contribution in [0.25, 0.3) is 11.0 Å². The van der Waals surface area contributed by atoms with Crippen LogP contribution in [0.15, 0.2) is 28.1 Å². The molecule has 0 unspecified atom stereocenters. The molecule has 1 aromatic carbocycles. The zero-order chi connectivity index (χ0) is 21.2. The Labute approximate surface area is 187 Å². The molecular formula is C25H29N3O2S. The van der Waals surface area contributed by atoms with Gasteiger partial charge in [0.15, 0.2) is 5.58 Å². The number of fused-ring (bicyclic) bond motifs is 1. The van der Waals surface area contributed by atoms with E-state index in [1.165, 1.54) is 31.2 Å². The summed E-state index contributed by atoms with van der Waals surface area (Å²) in [5.41, 5.74) is 4.30. The van der Waals surface area contributed by atoms with Crippen molar-refractivity contribution in [1.82, 2.24) is 10.1 Å². The Balaban J connectivity index is 1.13. The molecule has 31 heavy (non-hydrogen) atoms. The van der Waals surface area contributed by atoms with Gasteiger partial charge in [0.1, 0.15) is 16.7 Å². The summed E-state index contributed by atoms with van der Waals surface area (Å²) in [5.74, 6) is 2.41. The third kappa shape index (κ3) is 4.78. The van der Waals surface area contributed by atoms with Crippen molar-refractivity contribution in [3.05, 3.63) is 45.3 Å². The molecule has 1 saturated carbocycles. The summed E-state index contributed by atoms with van der Waals surface area (Å²) in [6, 6.07) is 8.46. The predicted molar refractivity (Wildman–Crippen MR) is 122 cm³/mol. The molecule has 0 bridgehead atoms. The van der Waals surface area contributed by atoms with Gasteiger partial charge >= 0.3 is 0 Å². The number of likely N-dealkylation sites (tertiary alicyclic amines) is 1. The molecule has 0 atom stereocenters. The predicted octanol–water partition coefficient (Wildman–Crippen LogP) is 5.70. The lowest BCUT2D eigenvalue weighted by Crippen LogP contribution is -2.33. The standard InChI is InChI=1S/C25H29N3O2S/c1-17-24(29-15-19-2-3-19)7-5-22-23(27-30-25(17)22)6-4-18-8-10-28(11-9-18)14-20-12-21(13-26)31-16-20/h5,7,12,16,18-19H,2-4,6,8-11,14-15H2,1H3. The molecule has 162 valence electrons. The number of nitriles is 1. The first kappa shape index (κ1) is 20.5. The average Bonchev–Trinajstić information content (AvgIpc) is 3.35. The highest BCUT2D eigenvalue weighted by Gasteiger charge is 2.23. The smallest absolute Gasteiger partial charge is 0.173 e. The normalized spacial score (nSPS) is 17.8. The Morgan fingerprint density at radius 1 is 1.23 bits per heavy atom. The Morgan fingerprint density at radius 2 is 2.06 bits per heavy atom. The van der Waals surface area contributed by atoms with Crippen molar-refractivity contribution in [3.63, 3.8) is 0 Å². The maximum Gasteiger partial charge on any atom is 0.173 e. The molecule has 5 rings (SSSR count). The molecule has 1 saturated heterocycles. The van der Waals surface area contributed by atoms with Crippen molar-refractivity contribution in [3.8, 4) is 11.8 Å². The summed E-state index contributed by atoms with van der Waals surface area (Å²) >= 11 is 1.54. The fraction of sp³-hybridized carbons (Fsp3) is 0.520. The first-order valence-electron chi connectivity index (χ1n) is 11.4. The zero-order valence-electron chi connectivity index (χ0n) is 18.1. The number of rotatable bonds is 8. The molecular weight excluding hydrogens is 406 g/mol. The number of ether oxygens (including phenoxy) is 1. The van der Waals surface area contributed by atoms with E-state index in [4.69, 9.17) is 14.5 Å². The second-order valence-electron chi connectivity index (χ2n) is 9.14. The van der Waals surface area contributed by atoms with Gasteiger partial charge in [-0.25, -0.2) is 0 Å². The van der Waals surface area contributed by atoms with Crippen molar-refractivity contribution >= 4 is 22.3 Å². The van der Waals surface area contributed by atoms with Crippen LogP contribution in [0.2, 0.25) is 0 Å². The summed E-state index contributed by atoms with van der Waals surface area (Å²) < 4.78 is 11.7. The van der Waals surface area contributed by atoms with Gasteiger partial charge in [-0.3, -0.25) is 4.90 Å². The minimum atomic E-state index is 0.738. The summed E-state index contributed by atoms with van der Waals surface area (Å²) in [4.78, 5) is 3.32. The van der Waals surface area contributed by atoms with Gasteiger partial charge in [0.2, 0.25) is 0 Å². The van der Waals surface area contributed by atoms with Gasteiger partial charge in [-0.15, -0.1) is 11.3 Å². The Morgan fingerprint density at radius 3 is 2.81 bits per heavy atom. The number of nitrogens with zero attached hydrogens (tertiary/aromatic N) is 3. The van der Waals surface area contributed by atoms with Crippen LogP contribution in [0.1, 0.15) is 53.8 Å². The average molecular weight is 436 g/mol. The first-order valence-corrected chi connectivity index (χ1v) is 12.3. The Bertz CT molecular complexity index is 1080. The van der Waals surface area contributed by atoms with Gasteiger partial charge in [-0.1, -0.05) is 5.16 Å². The summed E-state index contributed by atoms with van der Waals surface area (Å²) in [7, 11) is 0. The van der Waals surface area contributed by atoms with Crippen LogP contribution in [0, 0.1) is 30.1 Å². The molecule has 0 N–H and O–H groups in total. The highest BCUT2D eigenvalue weighted by atomic mass is 32.1. The van der Waals surface area contributed by atoms with Crippen LogP contribution in [-0.4, -0.2) is 29.8 Å². The lowest BCUT2D eigenvalue weighted by atomic mass is 9.91. The van der Waals surface area contributed by atoms with Crippen LogP contribution >= 0.6 is 11.3 Å². The topological polar surface area (TPSA) is 62.3 Å². The molecule has 3 aromatic rings. The lowest BCUT2D eigenvalue weighted by Gasteiger charge is -2.31. The van der Waals surface area contributed by atoms with Crippen LogP contribution in [0.3, 0.4) is 0 Å². The van der Waals surface area contributed by atoms with Gasteiger partial charge < -0.3 is 9.26 Å². The van der Waals surface area contributed by atoms with Gasteiger partial charge in [0.05, 0.1) is 12.3 Å². The van der Waals surface area contributed by atoms with Crippen molar-refractivity contribution in [2.45, 2.75) is 52.0 Å². The van der Waals surface area contributed by atoms with Crippen LogP contribution in [0.5, 0.6) is 5.75 Å². The lowest BCUT2D eigenvalue weighted by molar-refractivity contribution is 0.172. The SMILES string of the molecule is Cc1c(OCC2CC2)ccc2c(CCC3CCN(Cc4csc(C#N)c4)CC3)noc12. The number of thiophene rings is 1. The third-order valence-corrected chi connectivity index (χ3v) is 7.64. The van der Waals surface area contributed by atoms with E-state index in [-0.39, 0.29) is 0 Å². The van der Waals surface area contributed by atoms with E-state index in [0.717, 1.165) is 83.8 Å². The van der Waals surface area contributed by atoms with Crippen molar-refractivity contribution in [2.24, 2.45) is 11.8 Å². The molecule has 3 heterocycles. The summed E-state index contributed by atoms with van der Waals surface area (Å²) in [5, 5.41) is 16.7. The Kier molecular flexibility index (Phi) is 5.97.